The van der Waals surface area contributed by atoms with E-state index in [9.17, 15) is 9.18 Å². The van der Waals surface area contributed by atoms with Crippen molar-refractivity contribution in [3.05, 3.63) is 77.0 Å². The largest absolute Gasteiger partial charge is 0.462 e. The molecule has 0 aliphatic carbocycles. The molecule has 2 aromatic heterocycles. The number of likely N-dealkylation sites (N-methyl/N-ethyl adjacent to an activating group) is 1. The summed E-state index contributed by atoms with van der Waals surface area (Å²) in [6, 6.07) is 10.3. The predicted octanol–water partition coefficient (Wildman–Crippen LogP) is 5.20. The van der Waals surface area contributed by atoms with Gasteiger partial charge in [-0.05, 0) is 24.9 Å². The molecule has 0 bridgehead atoms. The number of rotatable bonds is 9. The van der Waals surface area contributed by atoms with Crippen molar-refractivity contribution in [1.82, 2.24) is 24.8 Å². The van der Waals surface area contributed by atoms with Crippen LogP contribution in [0.5, 0.6) is 6.01 Å². The molecule has 0 N–H and O–H groups in total. The average molecular weight is 662 g/mol. The van der Waals surface area contributed by atoms with E-state index >= 15 is 4.39 Å². The Morgan fingerprint density at radius 2 is 1.98 bits per heavy atom. The van der Waals surface area contributed by atoms with Crippen molar-refractivity contribution in [2.75, 3.05) is 65.0 Å². The molecular weight excluding hydrogens is 628 g/mol. The summed E-state index contributed by atoms with van der Waals surface area (Å²) >= 11 is 6.58. The van der Waals surface area contributed by atoms with Crippen molar-refractivity contribution in [2.45, 2.75) is 24.7 Å². The molecule has 13 heteroatoms. The summed E-state index contributed by atoms with van der Waals surface area (Å²) in [7, 11) is 3.37. The van der Waals surface area contributed by atoms with E-state index in [1.807, 2.05) is 41.1 Å². The standard InChI is InChI=1S/C34H34ClF2N7O3/c1-38-16-24-19-43(12-13-44(24)28(45)11-6-14-46-3)33-26-17-39-31(25-9-4-7-21-8-5-10-27(35)29(21)25)30(37)32(26)40-34(41-33)47-20-23-15-22(36)18-42(23)2/h4-11,17,22-24H,12-16,18-20H2,2-3H3/b11-6+/t22-,23+,24+/m1/s1. The summed E-state index contributed by atoms with van der Waals surface area (Å²) in [5.74, 6) is -0.510. The molecule has 0 unspecified atom stereocenters. The first-order valence-corrected chi connectivity index (χ1v) is 15.7. The van der Waals surface area contributed by atoms with Gasteiger partial charge < -0.3 is 24.1 Å². The summed E-state index contributed by atoms with van der Waals surface area (Å²) < 4.78 is 41.8. The molecule has 2 aliphatic heterocycles. The number of fused-ring (bicyclic) bond motifs is 2. The number of methoxy groups -OCH3 is 1. The average Bonchev–Trinajstić information content (AvgIpc) is 3.40. The number of ether oxygens (including phenoxy) is 2. The third-order valence-corrected chi connectivity index (χ3v) is 9.00. The molecule has 6 rings (SSSR count). The lowest BCUT2D eigenvalue weighted by molar-refractivity contribution is -0.128. The lowest BCUT2D eigenvalue weighted by Gasteiger charge is -2.39. The number of carbonyl (C=O) groups is 1. The molecular formula is C34H34ClF2N7O3. The van der Waals surface area contributed by atoms with Crippen LogP contribution in [0.15, 0.2) is 54.7 Å². The van der Waals surface area contributed by atoms with Gasteiger partial charge in [0, 0.05) is 67.6 Å². The van der Waals surface area contributed by atoms with Gasteiger partial charge in [0.25, 0.3) is 0 Å². The fourth-order valence-corrected chi connectivity index (χ4v) is 6.61. The monoisotopic (exact) mass is 661 g/mol. The highest BCUT2D eigenvalue weighted by atomic mass is 35.5. The molecule has 47 heavy (non-hydrogen) atoms. The molecule has 0 spiro atoms. The third-order valence-electron chi connectivity index (χ3n) is 8.69. The zero-order valence-electron chi connectivity index (χ0n) is 26.1. The number of benzene rings is 2. The van der Waals surface area contributed by atoms with Crippen molar-refractivity contribution >= 4 is 45.0 Å². The second-order valence-corrected chi connectivity index (χ2v) is 12.1. The number of aromatic nitrogens is 3. The zero-order valence-corrected chi connectivity index (χ0v) is 26.8. The molecule has 10 nitrogen and oxygen atoms in total. The summed E-state index contributed by atoms with van der Waals surface area (Å²) in [4.78, 5) is 35.8. The van der Waals surface area contributed by atoms with E-state index in [2.05, 4.69) is 14.8 Å². The van der Waals surface area contributed by atoms with Gasteiger partial charge in [0.15, 0.2) is 5.82 Å². The van der Waals surface area contributed by atoms with Crippen LogP contribution in [-0.4, -0.2) is 109 Å². The summed E-state index contributed by atoms with van der Waals surface area (Å²) in [5.41, 5.74) is 0.596. The van der Waals surface area contributed by atoms with E-state index in [0.717, 1.165) is 5.39 Å². The number of halogens is 3. The van der Waals surface area contributed by atoms with Crippen molar-refractivity contribution in [2.24, 2.45) is 0 Å². The summed E-state index contributed by atoms with van der Waals surface area (Å²) in [5, 5.41) is 2.33. The van der Waals surface area contributed by atoms with E-state index in [-0.39, 0.29) is 48.9 Å². The molecule has 2 saturated heterocycles. The van der Waals surface area contributed by atoms with Gasteiger partial charge in [-0.1, -0.05) is 48.0 Å². The Morgan fingerprint density at radius 1 is 1.17 bits per heavy atom. The molecule has 4 heterocycles. The van der Waals surface area contributed by atoms with Gasteiger partial charge in [-0.25, -0.2) is 15.4 Å². The molecule has 3 atom stereocenters. The number of hydrogen-bond donors (Lipinski definition) is 0. The number of alkyl halides is 1. The number of carbonyl (C=O) groups excluding carboxylic acids is 1. The third kappa shape index (κ3) is 6.70. The Bertz CT molecular complexity index is 1860. The van der Waals surface area contributed by atoms with Crippen LogP contribution >= 0.6 is 11.6 Å². The van der Waals surface area contributed by atoms with Gasteiger partial charge in [-0.3, -0.25) is 14.7 Å². The van der Waals surface area contributed by atoms with E-state index in [1.54, 1.807) is 30.2 Å². The lowest BCUT2D eigenvalue weighted by Crippen LogP contribution is -2.56. The van der Waals surface area contributed by atoms with E-state index < -0.39 is 18.0 Å². The minimum absolute atomic E-state index is 0.00457. The Balaban J connectivity index is 1.41. The smallest absolute Gasteiger partial charge is 0.319 e. The topological polar surface area (TPSA) is 88.3 Å². The first kappa shape index (κ1) is 32.5. The molecule has 1 amide bonds. The molecule has 0 radical (unpaired) electrons. The highest BCUT2D eigenvalue weighted by molar-refractivity contribution is 6.36. The van der Waals surface area contributed by atoms with Crippen LogP contribution in [0.1, 0.15) is 6.42 Å². The van der Waals surface area contributed by atoms with E-state index in [1.165, 1.54) is 12.3 Å². The van der Waals surface area contributed by atoms with E-state index in [0.29, 0.717) is 59.8 Å². The normalized spacial score (nSPS) is 20.4. The number of hydrogen-bond acceptors (Lipinski definition) is 8. The Kier molecular flexibility index (Phi) is 9.77. The van der Waals surface area contributed by atoms with Crippen molar-refractivity contribution < 1.29 is 23.0 Å². The van der Waals surface area contributed by atoms with Crippen LogP contribution < -0.4 is 9.64 Å². The first-order valence-electron chi connectivity index (χ1n) is 15.3. The summed E-state index contributed by atoms with van der Waals surface area (Å²) in [6.45, 7) is 9.27. The Labute approximate surface area is 276 Å². The minimum Gasteiger partial charge on any atom is -0.462 e. The van der Waals surface area contributed by atoms with Crippen molar-refractivity contribution in [1.29, 1.82) is 0 Å². The molecule has 2 fully saturated rings. The Hall–Kier alpha value is -4.44. The maximum atomic E-state index is 16.7. The molecule has 4 aromatic rings. The van der Waals surface area contributed by atoms with Gasteiger partial charge in [0.1, 0.15) is 35.8 Å². The van der Waals surface area contributed by atoms with Gasteiger partial charge in [0.2, 0.25) is 12.5 Å². The van der Waals surface area contributed by atoms with Gasteiger partial charge >= 0.3 is 6.01 Å². The van der Waals surface area contributed by atoms with Crippen LogP contribution in [0, 0.1) is 12.4 Å². The first-order chi connectivity index (χ1) is 22.8. The Morgan fingerprint density at radius 3 is 2.72 bits per heavy atom. The van der Waals surface area contributed by atoms with E-state index in [4.69, 9.17) is 32.6 Å². The molecule has 0 saturated carbocycles. The van der Waals surface area contributed by atoms with Crippen LogP contribution in [0.3, 0.4) is 0 Å². The maximum Gasteiger partial charge on any atom is 0.319 e. The quantitative estimate of drug-likeness (QED) is 0.179. The van der Waals surface area contributed by atoms with Crippen LogP contribution in [0.25, 0.3) is 37.8 Å². The molecule has 2 aliphatic rings. The maximum absolute atomic E-state index is 16.7. The number of piperazine rings is 1. The predicted molar refractivity (Wildman–Crippen MR) is 177 cm³/mol. The number of amides is 1. The number of likely N-dealkylation sites (tertiary alicyclic amines) is 1. The van der Waals surface area contributed by atoms with Crippen LogP contribution in [0.4, 0.5) is 14.6 Å². The molecule has 2 aromatic carbocycles. The molecule has 244 valence electrons. The van der Waals surface area contributed by atoms with Crippen molar-refractivity contribution in [3.63, 3.8) is 0 Å². The van der Waals surface area contributed by atoms with Gasteiger partial charge in [-0.15, -0.1) is 0 Å². The van der Waals surface area contributed by atoms with Crippen molar-refractivity contribution in [3.8, 4) is 17.3 Å². The second kappa shape index (κ2) is 14.1. The van der Waals surface area contributed by atoms with Crippen LogP contribution in [0.2, 0.25) is 5.02 Å². The number of nitrogens with zero attached hydrogens (tertiary/aromatic N) is 7. The zero-order chi connectivity index (χ0) is 33.1. The SMILES string of the molecule is [C-]#[N+]C[C@H]1CN(c2nc(OC[C@@H]3C[C@@H](F)CN3C)nc3c(F)c(-c4cccc5cccc(Cl)c45)ncc23)CCN1C(=O)/C=C/COC. The van der Waals surface area contributed by atoms with Crippen LogP contribution in [-0.2, 0) is 9.53 Å². The number of pyridine rings is 1. The van der Waals surface area contributed by atoms with Gasteiger partial charge in [0.05, 0.1) is 12.0 Å². The minimum atomic E-state index is -0.956. The number of anilines is 1. The highest BCUT2D eigenvalue weighted by Crippen LogP contribution is 2.37. The van der Waals surface area contributed by atoms with Gasteiger partial charge in [-0.2, -0.15) is 9.97 Å². The lowest BCUT2D eigenvalue weighted by atomic mass is 10.0. The highest BCUT2D eigenvalue weighted by Gasteiger charge is 2.34. The fraction of sp³-hybridized carbons (Fsp3) is 0.382. The summed E-state index contributed by atoms with van der Waals surface area (Å²) in [6.07, 6.45) is 3.98. The fourth-order valence-electron chi connectivity index (χ4n) is 6.33. The second-order valence-electron chi connectivity index (χ2n) is 11.7.